The van der Waals surface area contributed by atoms with Crippen LogP contribution in [0.25, 0.3) is 0 Å². The van der Waals surface area contributed by atoms with Crippen molar-refractivity contribution in [3.05, 3.63) is 34.4 Å². The average molecular weight is 371 g/mol. The summed E-state index contributed by atoms with van der Waals surface area (Å²) < 4.78 is 27.3. The molecule has 0 amide bonds. The lowest BCUT2D eigenvalue weighted by Gasteiger charge is -2.22. The van der Waals surface area contributed by atoms with Gasteiger partial charge < -0.3 is 0 Å². The summed E-state index contributed by atoms with van der Waals surface area (Å²) in [6, 6.07) is 5.16. The van der Waals surface area contributed by atoms with Crippen LogP contribution < -0.4 is 0 Å². The number of hydrogen-bond donors (Lipinski definition) is 0. The van der Waals surface area contributed by atoms with Gasteiger partial charge in [-0.05, 0) is 25.0 Å². The number of non-ortho nitro benzene ring substituents is 1. The van der Waals surface area contributed by atoms with Crippen molar-refractivity contribution in [2.45, 2.75) is 70.1 Å². The molecule has 0 saturated carbocycles. The number of nitrogens with zero attached hydrogens (tertiary/aromatic N) is 2. The Labute approximate surface area is 151 Å². The summed E-state index contributed by atoms with van der Waals surface area (Å²) in [5, 5.41) is 10.7. The number of sulfonamides is 1. The molecule has 25 heavy (non-hydrogen) atoms. The van der Waals surface area contributed by atoms with Gasteiger partial charge in [-0.3, -0.25) is 10.1 Å². The molecule has 0 unspecified atom stereocenters. The third-order valence-corrected chi connectivity index (χ3v) is 6.12. The minimum Gasteiger partial charge on any atom is -0.258 e. The molecule has 0 radical (unpaired) electrons. The molecule has 142 valence electrons. The van der Waals surface area contributed by atoms with Gasteiger partial charge in [-0.25, -0.2) is 8.42 Å². The van der Waals surface area contributed by atoms with Crippen molar-refractivity contribution in [3.63, 3.8) is 0 Å². The summed E-state index contributed by atoms with van der Waals surface area (Å²) in [5.74, 6) is 0. The number of unbranched alkanes of at least 4 members (excludes halogenated alkanes) is 6. The molecule has 0 aliphatic rings. The van der Waals surface area contributed by atoms with E-state index in [1.54, 1.807) is 4.31 Å². The van der Waals surface area contributed by atoms with E-state index in [0.29, 0.717) is 13.1 Å². The average Bonchev–Trinajstić information content (AvgIpc) is 2.60. The minimum absolute atomic E-state index is 0.101. The maximum Gasteiger partial charge on any atom is 0.269 e. The monoisotopic (exact) mass is 370 g/mol. The van der Waals surface area contributed by atoms with Crippen LogP contribution in [-0.4, -0.2) is 30.7 Å². The van der Waals surface area contributed by atoms with Gasteiger partial charge in [-0.2, -0.15) is 4.31 Å². The summed E-state index contributed by atoms with van der Waals surface area (Å²) in [7, 11) is -3.61. The van der Waals surface area contributed by atoms with E-state index in [1.165, 1.54) is 24.3 Å². The fourth-order valence-electron chi connectivity index (χ4n) is 2.67. The molecule has 7 heteroatoms. The van der Waals surface area contributed by atoms with E-state index in [4.69, 9.17) is 0 Å². The third kappa shape index (κ3) is 7.12. The standard InChI is InChI=1S/C18H30N2O4S/c1-3-5-7-9-15-19(16-10-8-6-4-2)25(23,24)18-13-11-17(12-14-18)20(21)22/h11-14H,3-10,15-16H2,1-2H3. The second-order valence-corrected chi connectivity index (χ2v) is 8.21. The zero-order valence-corrected chi connectivity index (χ0v) is 16.1. The Balaban J connectivity index is 2.85. The predicted molar refractivity (Wildman–Crippen MR) is 100 cm³/mol. The summed E-state index contributed by atoms with van der Waals surface area (Å²) in [6.07, 6.45) is 8.11. The molecule has 0 aromatic heterocycles. The van der Waals surface area contributed by atoms with Crippen LogP contribution in [0.5, 0.6) is 0 Å². The Kier molecular flexibility index (Phi) is 9.67. The number of nitro groups is 1. The van der Waals surface area contributed by atoms with Gasteiger partial charge in [-0.15, -0.1) is 0 Å². The molecule has 0 bridgehead atoms. The fourth-order valence-corrected chi connectivity index (χ4v) is 4.19. The Morgan fingerprint density at radius 1 is 0.880 bits per heavy atom. The van der Waals surface area contributed by atoms with Crippen molar-refractivity contribution in [3.8, 4) is 0 Å². The Morgan fingerprint density at radius 3 is 1.76 bits per heavy atom. The molecule has 1 rings (SSSR count). The molecular weight excluding hydrogens is 340 g/mol. The van der Waals surface area contributed by atoms with Gasteiger partial charge in [0.2, 0.25) is 10.0 Å². The van der Waals surface area contributed by atoms with Gasteiger partial charge >= 0.3 is 0 Å². The highest BCUT2D eigenvalue weighted by Crippen LogP contribution is 2.21. The zero-order valence-electron chi connectivity index (χ0n) is 15.3. The van der Waals surface area contributed by atoms with Gasteiger partial charge in [0.15, 0.2) is 0 Å². The van der Waals surface area contributed by atoms with Crippen molar-refractivity contribution < 1.29 is 13.3 Å². The molecule has 1 aromatic carbocycles. The van der Waals surface area contributed by atoms with Gasteiger partial charge in [0.1, 0.15) is 0 Å². The molecule has 0 spiro atoms. The number of hydrogen-bond acceptors (Lipinski definition) is 4. The van der Waals surface area contributed by atoms with Gasteiger partial charge in [0.25, 0.3) is 5.69 Å². The van der Waals surface area contributed by atoms with E-state index in [2.05, 4.69) is 13.8 Å². The van der Waals surface area contributed by atoms with E-state index >= 15 is 0 Å². The highest BCUT2D eigenvalue weighted by atomic mass is 32.2. The molecule has 0 heterocycles. The van der Waals surface area contributed by atoms with E-state index < -0.39 is 14.9 Å². The third-order valence-electron chi connectivity index (χ3n) is 4.21. The molecule has 0 fully saturated rings. The SMILES string of the molecule is CCCCCCN(CCCCCC)S(=O)(=O)c1ccc([N+](=O)[O-])cc1. The Bertz CT molecular complexity index is 602. The quantitative estimate of drug-likeness (QED) is 0.285. The highest BCUT2D eigenvalue weighted by molar-refractivity contribution is 7.89. The summed E-state index contributed by atoms with van der Waals surface area (Å²) >= 11 is 0. The first kappa shape index (κ1) is 21.6. The summed E-state index contributed by atoms with van der Waals surface area (Å²) in [5.41, 5.74) is -0.101. The lowest BCUT2D eigenvalue weighted by Crippen LogP contribution is -2.33. The molecule has 0 atom stereocenters. The van der Waals surface area contributed by atoms with Crippen LogP contribution in [0.15, 0.2) is 29.2 Å². The van der Waals surface area contributed by atoms with Crippen LogP contribution in [0.2, 0.25) is 0 Å². The minimum atomic E-state index is -3.61. The smallest absolute Gasteiger partial charge is 0.258 e. The second-order valence-electron chi connectivity index (χ2n) is 6.28. The first-order valence-electron chi connectivity index (χ1n) is 9.18. The molecule has 0 saturated heterocycles. The largest absolute Gasteiger partial charge is 0.269 e. The van der Waals surface area contributed by atoms with Crippen LogP contribution >= 0.6 is 0 Å². The number of rotatable bonds is 13. The van der Waals surface area contributed by atoms with Crippen molar-refractivity contribution in [1.29, 1.82) is 0 Å². The molecule has 1 aromatic rings. The van der Waals surface area contributed by atoms with E-state index in [0.717, 1.165) is 51.4 Å². The first-order chi connectivity index (χ1) is 11.9. The summed E-state index contributed by atoms with van der Waals surface area (Å²) in [6.45, 7) is 5.25. The Morgan fingerprint density at radius 2 is 1.36 bits per heavy atom. The van der Waals surface area contributed by atoms with Crippen molar-refractivity contribution in [2.24, 2.45) is 0 Å². The zero-order chi connectivity index (χ0) is 18.7. The van der Waals surface area contributed by atoms with Gasteiger partial charge in [-0.1, -0.05) is 52.4 Å². The molecule has 0 N–H and O–H groups in total. The molecule has 0 aliphatic carbocycles. The normalized spacial score (nSPS) is 11.8. The molecule has 0 aliphatic heterocycles. The maximum atomic E-state index is 12.9. The predicted octanol–water partition coefficient (Wildman–Crippen LogP) is 4.75. The van der Waals surface area contributed by atoms with Crippen LogP contribution in [0.1, 0.15) is 65.2 Å². The van der Waals surface area contributed by atoms with Gasteiger partial charge in [0, 0.05) is 25.2 Å². The fraction of sp³-hybridized carbons (Fsp3) is 0.667. The number of nitro benzene ring substituents is 1. The van der Waals surface area contributed by atoms with Crippen LogP contribution in [0.4, 0.5) is 5.69 Å². The van der Waals surface area contributed by atoms with Crippen LogP contribution in [0, 0.1) is 10.1 Å². The molecular formula is C18H30N2O4S. The van der Waals surface area contributed by atoms with Gasteiger partial charge in [0.05, 0.1) is 9.82 Å². The summed E-state index contributed by atoms with van der Waals surface area (Å²) in [4.78, 5) is 10.4. The molecule has 6 nitrogen and oxygen atoms in total. The maximum absolute atomic E-state index is 12.9. The lowest BCUT2D eigenvalue weighted by molar-refractivity contribution is -0.384. The topological polar surface area (TPSA) is 80.5 Å². The van der Waals surface area contributed by atoms with E-state index in [-0.39, 0.29) is 10.6 Å². The van der Waals surface area contributed by atoms with Crippen molar-refractivity contribution >= 4 is 15.7 Å². The lowest BCUT2D eigenvalue weighted by atomic mass is 10.2. The van der Waals surface area contributed by atoms with E-state index in [1.807, 2.05) is 0 Å². The number of benzene rings is 1. The highest BCUT2D eigenvalue weighted by Gasteiger charge is 2.24. The Hall–Kier alpha value is -1.47. The van der Waals surface area contributed by atoms with Crippen LogP contribution in [0.3, 0.4) is 0 Å². The van der Waals surface area contributed by atoms with Crippen molar-refractivity contribution in [2.75, 3.05) is 13.1 Å². The van der Waals surface area contributed by atoms with Crippen LogP contribution in [-0.2, 0) is 10.0 Å². The first-order valence-corrected chi connectivity index (χ1v) is 10.6. The second kappa shape index (κ2) is 11.2. The van der Waals surface area contributed by atoms with Crippen molar-refractivity contribution in [1.82, 2.24) is 4.31 Å². The van der Waals surface area contributed by atoms with E-state index in [9.17, 15) is 18.5 Å².